The summed E-state index contributed by atoms with van der Waals surface area (Å²) in [6.07, 6.45) is 1.84. The summed E-state index contributed by atoms with van der Waals surface area (Å²) in [7, 11) is 3.04. The van der Waals surface area contributed by atoms with Gasteiger partial charge < -0.3 is 4.98 Å². The Kier molecular flexibility index (Phi) is 2.98. The van der Waals surface area contributed by atoms with Gasteiger partial charge in [0.25, 0.3) is 5.91 Å². The molecule has 1 aromatic heterocycles. The molecule has 5 heteroatoms. The van der Waals surface area contributed by atoms with Crippen molar-refractivity contribution >= 4 is 32.7 Å². The number of hydrogen-bond donors (Lipinski definition) is 1. The molecule has 2 aromatic rings. The van der Waals surface area contributed by atoms with E-state index in [0.29, 0.717) is 5.56 Å². The van der Waals surface area contributed by atoms with Crippen LogP contribution in [-0.4, -0.2) is 30.1 Å². The molecular weight excluding hydrogens is 272 g/mol. The van der Waals surface area contributed by atoms with Crippen LogP contribution in [0.2, 0.25) is 0 Å². The van der Waals surface area contributed by atoms with E-state index >= 15 is 0 Å². The number of fused-ring (bicyclic) bond motifs is 1. The highest BCUT2D eigenvalue weighted by molar-refractivity contribution is 9.10. The Bertz CT molecular complexity index is 536. The first-order valence-electron chi connectivity index (χ1n) is 4.72. The SMILES string of the molecule is CON(C)C(=O)c1cc(Br)c2cc[nH]c2c1. The molecule has 0 fully saturated rings. The molecule has 0 saturated carbocycles. The van der Waals surface area contributed by atoms with Crippen LogP contribution in [0.3, 0.4) is 0 Å². The van der Waals surface area contributed by atoms with E-state index in [1.54, 1.807) is 19.2 Å². The van der Waals surface area contributed by atoms with Crippen molar-refractivity contribution in [3.05, 3.63) is 34.4 Å². The number of aromatic amines is 1. The zero-order chi connectivity index (χ0) is 11.7. The monoisotopic (exact) mass is 282 g/mol. The van der Waals surface area contributed by atoms with E-state index in [4.69, 9.17) is 4.84 Å². The summed E-state index contributed by atoms with van der Waals surface area (Å²) >= 11 is 3.43. The van der Waals surface area contributed by atoms with Gasteiger partial charge in [0, 0.05) is 34.2 Å². The summed E-state index contributed by atoms with van der Waals surface area (Å²) in [6.45, 7) is 0. The standard InChI is InChI=1S/C11H11BrN2O2/c1-14(16-2)11(15)7-5-9(12)8-3-4-13-10(8)6-7/h3-6,13H,1-2H3. The Labute approximate surface area is 101 Å². The van der Waals surface area contributed by atoms with E-state index in [1.807, 2.05) is 12.3 Å². The molecule has 4 nitrogen and oxygen atoms in total. The molecule has 0 spiro atoms. The average molecular weight is 283 g/mol. The summed E-state index contributed by atoms with van der Waals surface area (Å²) < 4.78 is 0.888. The predicted octanol–water partition coefficient (Wildman–Crippen LogP) is 2.56. The molecule has 0 atom stereocenters. The van der Waals surface area contributed by atoms with Crippen LogP contribution < -0.4 is 0 Å². The molecule has 0 radical (unpaired) electrons. The molecule has 0 bridgehead atoms. The van der Waals surface area contributed by atoms with Crippen LogP contribution in [0.15, 0.2) is 28.9 Å². The number of amides is 1. The second-order valence-corrected chi connectivity index (χ2v) is 4.24. The molecule has 0 unspecified atom stereocenters. The number of rotatable bonds is 2. The van der Waals surface area contributed by atoms with Crippen molar-refractivity contribution in [2.45, 2.75) is 0 Å². The Morgan fingerprint density at radius 2 is 2.25 bits per heavy atom. The van der Waals surface area contributed by atoms with Gasteiger partial charge in [-0.05, 0) is 18.2 Å². The smallest absolute Gasteiger partial charge is 0.277 e. The van der Waals surface area contributed by atoms with Crippen LogP contribution in [0.25, 0.3) is 10.9 Å². The molecule has 0 aliphatic heterocycles. The fourth-order valence-electron chi connectivity index (χ4n) is 1.51. The van der Waals surface area contributed by atoms with E-state index in [2.05, 4.69) is 20.9 Å². The third-order valence-electron chi connectivity index (χ3n) is 2.43. The number of benzene rings is 1. The van der Waals surface area contributed by atoms with Gasteiger partial charge in [-0.1, -0.05) is 15.9 Å². The zero-order valence-corrected chi connectivity index (χ0v) is 10.5. The second kappa shape index (κ2) is 4.27. The van der Waals surface area contributed by atoms with E-state index in [1.165, 1.54) is 12.2 Å². The highest BCUT2D eigenvalue weighted by Gasteiger charge is 2.13. The molecule has 0 saturated heterocycles. The molecule has 2 rings (SSSR count). The summed E-state index contributed by atoms with van der Waals surface area (Å²) in [5, 5.41) is 2.24. The van der Waals surface area contributed by atoms with Crippen molar-refractivity contribution in [1.29, 1.82) is 0 Å². The number of aromatic nitrogens is 1. The molecule has 1 heterocycles. The van der Waals surface area contributed by atoms with Crippen LogP contribution >= 0.6 is 15.9 Å². The van der Waals surface area contributed by atoms with Crippen molar-refractivity contribution < 1.29 is 9.63 Å². The number of hydroxylamine groups is 2. The van der Waals surface area contributed by atoms with Gasteiger partial charge in [-0.15, -0.1) is 0 Å². The molecule has 1 aromatic carbocycles. The maximum atomic E-state index is 11.9. The quantitative estimate of drug-likeness (QED) is 0.861. The average Bonchev–Trinajstić information content (AvgIpc) is 2.75. The molecule has 84 valence electrons. The molecular formula is C11H11BrN2O2. The minimum absolute atomic E-state index is 0.181. The van der Waals surface area contributed by atoms with Gasteiger partial charge in [-0.3, -0.25) is 9.63 Å². The lowest BCUT2D eigenvalue weighted by Crippen LogP contribution is -2.25. The number of nitrogens with zero attached hydrogens (tertiary/aromatic N) is 1. The number of H-pyrrole nitrogens is 1. The van der Waals surface area contributed by atoms with Crippen molar-refractivity contribution in [1.82, 2.24) is 10.0 Å². The van der Waals surface area contributed by atoms with Gasteiger partial charge in [0.05, 0.1) is 7.11 Å². The largest absolute Gasteiger partial charge is 0.361 e. The van der Waals surface area contributed by atoms with Crippen LogP contribution in [0.4, 0.5) is 0 Å². The maximum absolute atomic E-state index is 11.9. The van der Waals surface area contributed by atoms with Crippen LogP contribution in [-0.2, 0) is 4.84 Å². The number of nitrogens with one attached hydrogen (secondary N) is 1. The van der Waals surface area contributed by atoms with E-state index < -0.39 is 0 Å². The van der Waals surface area contributed by atoms with Gasteiger partial charge in [0.2, 0.25) is 0 Å². The molecule has 0 aliphatic rings. The van der Waals surface area contributed by atoms with Gasteiger partial charge in [0.1, 0.15) is 0 Å². The fourth-order valence-corrected chi connectivity index (χ4v) is 2.10. The Balaban J connectivity index is 2.49. The summed E-state index contributed by atoms with van der Waals surface area (Å²) in [6, 6.07) is 5.54. The topological polar surface area (TPSA) is 45.3 Å². The van der Waals surface area contributed by atoms with Gasteiger partial charge in [0.15, 0.2) is 0 Å². The highest BCUT2D eigenvalue weighted by Crippen LogP contribution is 2.25. The Morgan fingerprint density at radius 3 is 2.94 bits per heavy atom. The summed E-state index contributed by atoms with van der Waals surface area (Å²) in [5.74, 6) is -0.181. The van der Waals surface area contributed by atoms with Crippen molar-refractivity contribution in [2.75, 3.05) is 14.2 Å². The second-order valence-electron chi connectivity index (χ2n) is 3.38. The highest BCUT2D eigenvalue weighted by atomic mass is 79.9. The van der Waals surface area contributed by atoms with Gasteiger partial charge >= 0.3 is 0 Å². The van der Waals surface area contributed by atoms with Gasteiger partial charge in [-0.25, -0.2) is 5.06 Å². The molecule has 16 heavy (non-hydrogen) atoms. The first-order chi connectivity index (χ1) is 7.63. The Morgan fingerprint density at radius 1 is 1.50 bits per heavy atom. The normalized spacial score (nSPS) is 10.7. The number of halogens is 1. The lowest BCUT2D eigenvalue weighted by Gasteiger charge is -2.13. The van der Waals surface area contributed by atoms with Crippen LogP contribution in [0.5, 0.6) is 0 Å². The van der Waals surface area contributed by atoms with Crippen molar-refractivity contribution in [2.24, 2.45) is 0 Å². The fraction of sp³-hybridized carbons (Fsp3) is 0.182. The third-order valence-corrected chi connectivity index (χ3v) is 3.08. The summed E-state index contributed by atoms with van der Waals surface area (Å²) in [5.41, 5.74) is 1.49. The van der Waals surface area contributed by atoms with Crippen molar-refractivity contribution in [3.8, 4) is 0 Å². The van der Waals surface area contributed by atoms with E-state index in [0.717, 1.165) is 15.4 Å². The number of carbonyl (C=O) groups excluding carboxylic acids is 1. The lowest BCUT2D eigenvalue weighted by molar-refractivity contribution is -0.0756. The maximum Gasteiger partial charge on any atom is 0.277 e. The molecule has 1 N–H and O–H groups in total. The molecule has 1 amide bonds. The first kappa shape index (κ1) is 11.2. The third kappa shape index (κ3) is 1.83. The van der Waals surface area contributed by atoms with E-state index in [9.17, 15) is 4.79 Å². The molecule has 0 aliphatic carbocycles. The number of carbonyl (C=O) groups is 1. The predicted molar refractivity (Wildman–Crippen MR) is 65.1 cm³/mol. The van der Waals surface area contributed by atoms with Crippen LogP contribution in [0.1, 0.15) is 10.4 Å². The van der Waals surface area contributed by atoms with E-state index in [-0.39, 0.29) is 5.91 Å². The summed E-state index contributed by atoms with van der Waals surface area (Å²) in [4.78, 5) is 19.8. The van der Waals surface area contributed by atoms with Crippen molar-refractivity contribution in [3.63, 3.8) is 0 Å². The van der Waals surface area contributed by atoms with Gasteiger partial charge in [-0.2, -0.15) is 0 Å². The minimum Gasteiger partial charge on any atom is -0.361 e. The van der Waals surface area contributed by atoms with Crippen LogP contribution in [0, 0.1) is 0 Å². The first-order valence-corrected chi connectivity index (χ1v) is 5.51. The Hall–Kier alpha value is -1.33. The lowest BCUT2D eigenvalue weighted by atomic mass is 10.1. The minimum atomic E-state index is -0.181. The zero-order valence-electron chi connectivity index (χ0n) is 8.95. The number of hydrogen-bond acceptors (Lipinski definition) is 2.